The van der Waals surface area contributed by atoms with Gasteiger partial charge >= 0.3 is 0 Å². The van der Waals surface area contributed by atoms with Crippen molar-refractivity contribution in [2.24, 2.45) is 0 Å². The van der Waals surface area contributed by atoms with Crippen molar-refractivity contribution in [1.82, 2.24) is 0 Å². The zero-order valence-corrected chi connectivity index (χ0v) is 15.3. The monoisotopic (exact) mass is 378 g/mol. The van der Waals surface area contributed by atoms with Gasteiger partial charge in [0.1, 0.15) is 5.75 Å². The van der Waals surface area contributed by atoms with Crippen molar-refractivity contribution < 1.29 is 14.3 Å². The van der Waals surface area contributed by atoms with Crippen LogP contribution >= 0.6 is 23.4 Å². The molecule has 2 aromatic rings. The van der Waals surface area contributed by atoms with Gasteiger partial charge in [-0.3, -0.25) is 9.59 Å². The van der Waals surface area contributed by atoms with E-state index in [1.165, 1.54) is 11.8 Å². The summed E-state index contributed by atoms with van der Waals surface area (Å²) in [5.41, 5.74) is 1.38. The number of anilines is 2. The van der Waals surface area contributed by atoms with Crippen molar-refractivity contribution >= 4 is 46.6 Å². The van der Waals surface area contributed by atoms with Gasteiger partial charge < -0.3 is 15.4 Å². The first-order valence-corrected chi connectivity index (χ1v) is 9.16. The molecule has 2 amide bonds. The SMILES string of the molecule is COc1ccc(NC(=O)CSc2ccccc2NC(=O)CCCl)cc1. The number of carbonyl (C=O) groups excluding carboxylic acids is 2. The molecule has 0 aromatic heterocycles. The Morgan fingerprint density at radius 3 is 2.44 bits per heavy atom. The molecule has 2 aromatic carbocycles. The molecule has 2 rings (SSSR count). The number of hydrogen-bond acceptors (Lipinski definition) is 4. The van der Waals surface area contributed by atoms with Gasteiger partial charge in [0.25, 0.3) is 0 Å². The lowest BCUT2D eigenvalue weighted by Crippen LogP contribution is -2.15. The number of para-hydroxylation sites is 1. The number of amides is 2. The van der Waals surface area contributed by atoms with Gasteiger partial charge in [0.2, 0.25) is 11.8 Å². The third kappa shape index (κ3) is 6.32. The highest BCUT2D eigenvalue weighted by molar-refractivity contribution is 8.00. The van der Waals surface area contributed by atoms with E-state index in [-0.39, 0.29) is 29.9 Å². The van der Waals surface area contributed by atoms with Crippen LogP contribution < -0.4 is 15.4 Å². The maximum absolute atomic E-state index is 12.1. The molecule has 0 bridgehead atoms. The zero-order chi connectivity index (χ0) is 18.1. The van der Waals surface area contributed by atoms with Crippen LogP contribution in [0.1, 0.15) is 6.42 Å². The van der Waals surface area contributed by atoms with Crippen LogP contribution in [0.5, 0.6) is 5.75 Å². The summed E-state index contributed by atoms with van der Waals surface area (Å²) < 4.78 is 5.08. The summed E-state index contributed by atoms with van der Waals surface area (Å²) in [5.74, 6) is 0.955. The van der Waals surface area contributed by atoms with E-state index < -0.39 is 0 Å². The smallest absolute Gasteiger partial charge is 0.234 e. The van der Waals surface area contributed by atoms with Crippen LogP contribution in [0.2, 0.25) is 0 Å². The summed E-state index contributed by atoms with van der Waals surface area (Å²) in [7, 11) is 1.59. The Labute approximate surface area is 156 Å². The molecule has 0 aliphatic carbocycles. The predicted molar refractivity (Wildman–Crippen MR) is 103 cm³/mol. The van der Waals surface area contributed by atoms with Crippen molar-refractivity contribution in [2.45, 2.75) is 11.3 Å². The van der Waals surface area contributed by atoms with E-state index in [1.807, 2.05) is 18.2 Å². The van der Waals surface area contributed by atoms with Crippen LogP contribution in [0.15, 0.2) is 53.4 Å². The van der Waals surface area contributed by atoms with Crippen molar-refractivity contribution in [2.75, 3.05) is 29.4 Å². The Balaban J connectivity index is 1.91. The maximum Gasteiger partial charge on any atom is 0.234 e. The lowest BCUT2D eigenvalue weighted by atomic mass is 10.3. The zero-order valence-electron chi connectivity index (χ0n) is 13.8. The number of halogens is 1. The van der Waals surface area contributed by atoms with Crippen molar-refractivity contribution in [3.05, 3.63) is 48.5 Å². The molecular weight excluding hydrogens is 360 g/mol. The normalized spacial score (nSPS) is 10.2. The van der Waals surface area contributed by atoms with E-state index in [4.69, 9.17) is 16.3 Å². The Morgan fingerprint density at radius 1 is 1.04 bits per heavy atom. The molecule has 2 N–H and O–H groups in total. The summed E-state index contributed by atoms with van der Waals surface area (Å²) in [4.78, 5) is 24.6. The number of thioether (sulfide) groups is 1. The summed E-state index contributed by atoms with van der Waals surface area (Å²) in [6, 6.07) is 14.5. The summed E-state index contributed by atoms with van der Waals surface area (Å²) in [5, 5.41) is 5.63. The van der Waals surface area contributed by atoms with E-state index in [0.29, 0.717) is 11.4 Å². The van der Waals surface area contributed by atoms with Gasteiger partial charge in [0.15, 0.2) is 0 Å². The second kappa shape index (κ2) is 9.96. The van der Waals surface area contributed by atoms with E-state index >= 15 is 0 Å². The van der Waals surface area contributed by atoms with Gasteiger partial charge in [-0.25, -0.2) is 0 Å². The quantitative estimate of drug-likeness (QED) is 0.538. The van der Waals surface area contributed by atoms with Crippen molar-refractivity contribution in [3.8, 4) is 5.75 Å². The lowest BCUT2D eigenvalue weighted by molar-refractivity contribution is -0.116. The standard InChI is InChI=1S/C18H19ClN2O3S/c1-24-14-8-6-13(7-9-14)20-18(23)12-25-16-5-3-2-4-15(16)21-17(22)10-11-19/h2-9H,10-12H2,1H3,(H,20,23)(H,21,22). The Kier molecular flexibility index (Phi) is 7.63. The molecule has 0 saturated carbocycles. The minimum Gasteiger partial charge on any atom is -0.497 e. The molecule has 0 fully saturated rings. The number of rotatable bonds is 8. The fourth-order valence-electron chi connectivity index (χ4n) is 2.01. The molecule has 132 valence electrons. The molecule has 25 heavy (non-hydrogen) atoms. The molecule has 0 spiro atoms. The molecular formula is C18H19ClN2O3S. The average Bonchev–Trinajstić information content (AvgIpc) is 2.62. The van der Waals surface area contributed by atoms with E-state index in [2.05, 4.69) is 10.6 Å². The molecule has 7 heteroatoms. The van der Waals surface area contributed by atoms with Gasteiger partial charge in [0, 0.05) is 22.9 Å². The fourth-order valence-corrected chi connectivity index (χ4v) is 2.99. The van der Waals surface area contributed by atoms with Crippen LogP contribution in [-0.2, 0) is 9.59 Å². The van der Waals surface area contributed by atoms with Gasteiger partial charge in [-0.05, 0) is 36.4 Å². The minimum atomic E-state index is -0.147. The summed E-state index contributed by atoms with van der Waals surface area (Å²) in [6.07, 6.45) is 0.249. The first kappa shape index (κ1) is 19.1. The number of benzene rings is 2. The highest BCUT2D eigenvalue weighted by Crippen LogP contribution is 2.27. The predicted octanol–water partition coefficient (Wildman–Crippen LogP) is 3.99. The van der Waals surface area contributed by atoms with E-state index in [9.17, 15) is 9.59 Å². The molecule has 0 unspecified atom stereocenters. The van der Waals surface area contributed by atoms with Crippen LogP contribution in [-0.4, -0.2) is 30.6 Å². The van der Waals surface area contributed by atoms with Crippen molar-refractivity contribution in [3.63, 3.8) is 0 Å². The average molecular weight is 379 g/mol. The molecule has 0 radical (unpaired) electrons. The van der Waals surface area contributed by atoms with E-state index in [0.717, 1.165) is 10.6 Å². The molecule has 0 aliphatic rings. The number of nitrogens with one attached hydrogen (secondary N) is 2. The molecule has 0 atom stereocenters. The first-order valence-electron chi connectivity index (χ1n) is 7.64. The van der Waals surface area contributed by atoms with Gasteiger partial charge in [-0.2, -0.15) is 0 Å². The summed E-state index contributed by atoms with van der Waals surface area (Å²) in [6.45, 7) is 0. The second-order valence-electron chi connectivity index (χ2n) is 5.05. The third-order valence-corrected chi connectivity index (χ3v) is 4.48. The Hall–Kier alpha value is -2.18. The van der Waals surface area contributed by atoms with Crippen LogP contribution in [0.3, 0.4) is 0 Å². The topological polar surface area (TPSA) is 67.4 Å². The van der Waals surface area contributed by atoms with Gasteiger partial charge in [0.05, 0.1) is 18.6 Å². The molecule has 0 aliphatic heterocycles. The number of methoxy groups -OCH3 is 1. The number of alkyl halides is 1. The Morgan fingerprint density at radius 2 is 1.76 bits per heavy atom. The first-order chi connectivity index (χ1) is 12.1. The highest BCUT2D eigenvalue weighted by Gasteiger charge is 2.09. The Bertz CT molecular complexity index is 723. The number of carbonyl (C=O) groups is 2. The summed E-state index contributed by atoms with van der Waals surface area (Å²) >= 11 is 6.93. The van der Waals surface area contributed by atoms with Crippen LogP contribution in [0.4, 0.5) is 11.4 Å². The van der Waals surface area contributed by atoms with Crippen LogP contribution in [0, 0.1) is 0 Å². The molecule has 0 heterocycles. The van der Waals surface area contributed by atoms with Gasteiger partial charge in [-0.15, -0.1) is 23.4 Å². The third-order valence-electron chi connectivity index (χ3n) is 3.22. The number of hydrogen-bond donors (Lipinski definition) is 2. The maximum atomic E-state index is 12.1. The number of ether oxygens (including phenoxy) is 1. The molecule has 0 saturated heterocycles. The largest absolute Gasteiger partial charge is 0.497 e. The second-order valence-corrected chi connectivity index (χ2v) is 6.44. The van der Waals surface area contributed by atoms with Crippen molar-refractivity contribution in [1.29, 1.82) is 0 Å². The van der Waals surface area contributed by atoms with Gasteiger partial charge in [-0.1, -0.05) is 12.1 Å². The minimum absolute atomic E-state index is 0.128. The molecule has 5 nitrogen and oxygen atoms in total. The highest BCUT2D eigenvalue weighted by atomic mass is 35.5. The van der Waals surface area contributed by atoms with Crippen LogP contribution in [0.25, 0.3) is 0 Å². The fraction of sp³-hybridized carbons (Fsp3) is 0.222. The lowest BCUT2D eigenvalue weighted by Gasteiger charge is -2.10. The van der Waals surface area contributed by atoms with E-state index in [1.54, 1.807) is 37.4 Å².